The van der Waals surface area contributed by atoms with Gasteiger partial charge in [-0.05, 0) is 11.1 Å². The molecule has 160 valence electrons. The molecule has 0 spiro atoms. The summed E-state index contributed by atoms with van der Waals surface area (Å²) in [6.45, 7) is 3.42. The van der Waals surface area contributed by atoms with Gasteiger partial charge in [-0.1, -0.05) is 60.7 Å². The predicted molar refractivity (Wildman–Crippen MR) is 107 cm³/mol. The van der Waals surface area contributed by atoms with Crippen molar-refractivity contribution in [1.29, 1.82) is 0 Å². The second-order valence-electron chi connectivity index (χ2n) is 6.99. The maximum Gasteiger partial charge on any atom is 0.305 e. The molecule has 1 fully saturated rings. The van der Waals surface area contributed by atoms with Crippen LogP contribution in [0.15, 0.2) is 60.7 Å². The van der Waals surface area contributed by atoms with Crippen LogP contribution in [0, 0.1) is 0 Å². The Labute approximate surface area is 175 Å². The average Bonchev–Trinajstić information content (AvgIpc) is 3.03. The Hall–Kier alpha value is -2.74. The first-order valence-corrected chi connectivity index (χ1v) is 9.80. The van der Waals surface area contributed by atoms with Crippen molar-refractivity contribution < 1.29 is 33.3 Å². The zero-order valence-electron chi connectivity index (χ0n) is 17.1. The second-order valence-corrected chi connectivity index (χ2v) is 6.99. The highest BCUT2D eigenvalue weighted by Crippen LogP contribution is 2.29. The van der Waals surface area contributed by atoms with E-state index in [1.165, 1.54) is 13.8 Å². The molecule has 0 radical (unpaired) electrons. The predicted octanol–water partition coefficient (Wildman–Crippen LogP) is 3.01. The Morgan fingerprint density at radius 1 is 0.800 bits per heavy atom. The second kappa shape index (κ2) is 10.9. The molecule has 4 unspecified atom stereocenters. The molecule has 0 aromatic heterocycles. The highest BCUT2D eigenvalue weighted by molar-refractivity contribution is 5.67. The minimum Gasteiger partial charge on any atom is -0.453 e. The molecule has 1 heterocycles. The van der Waals surface area contributed by atoms with Gasteiger partial charge in [0.1, 0.15) is 12.2 Å². The van der Waals surface area contributed by atoms with Crippen molar-refractivity contribution in [3.8, 4) is 0 Å². The van der Waals surface area contributed by atoms with Crippen molar-refractivity contribution in [3.05, 3.63) is 71.8 Å². The number of esters is 2. The van der Waals surface area contributed by atoms with Crippen LogP contribution >= 0.6 is 0 Å². The molecule has 7 nitrogen and oxygen atoms in total. The summed E-state index contributed by atoms with van der Waals surface area (Å²) in [7, 11) is 0. The van der Waals surface area contributed by atoms with Crippen LogP contribution in [0.5, 0.6) is 0 Å². The molecule has 0 bridgehead atoms. The van der Waals surface area contributed by atoms with Gasteiger partial charge in [-0.2, -0.15) is 0 Å². The fraction of sp³-hybridized carbons (Fsp3) is 0.391. The fourth-order valence-electron chi connectivity index (χ4n) is 3.24. The molecule has 1 aliphatic rings. The van der Waals surface area contributed by atoms with E-state index < -0.39 is 36.5 Å². The zero-order chi connectivity index (χ0) is 21.3. The summed E-state index contributed by atoms with van der Waals surface area (Å²) >= 11 is 0. The smallest absolute Gasteiger partial charge is 0.305 e. The molecule has 0 N–H and O–H groups in total. The number of hydrogen-bond acceptors (Lipinski definition) is 7. The lowest BCUT2D eigenvalue weighted by atomic mass is 10.1. The van der Waals surface area contributed by atoms with Gasteiger partial charge in [0.05, 0.1) is 19.8 Å². The Morgan fingerprint density at radius 3 is 1.93 bits per heavy atom. The third-order valence-corrected chi connectivity index (χ3v) is 4.53. The van der Waals surface area contributed by atoms with Crippen LogP contribution in [0.2, 0.25) is 0 Å². The number of benzene rings is 2. The van der Waals surface area contributed by atoms with Gasteiger partial charge < -0.3 is 23.7 Å². The summed E-state index contributed by atoms with van der Waals surface area (Å²) in [5.74, 6) is -1.05. The van der Waals surface area contributed by atoms with Crippen molar-refractivity contribution in [2.75, 3.05) is 6.61 Å². The summed E-state index contributed by atoms with van der Waals surface area (Å²) in [6, 6.07) is 19.3. The van der Waals surface area contributed by atoms with Gasteiger partial charge in [-0.3, -0.25) is 9.59 Å². The third kappa shape index (κ3) is 6.38. The molecule has 3 rings (SSSR count). The van der Waals surface area contributed by atoms with Crippen LogP contribution < -0.4 is 0 Å². The third-order valence-electron chi connectivity index (χ3n) is 4.53. The molecule has 0 amide bonds. The fourth-order valence-corrected chi connectivity index (χ4v) is 3.24. The number of carbonyl (C=O) groups is 2. The molecular weight excluding hydrogens is 388 g/mol. The number of ether oxygens (including phenoxy) is 5. The molecule has 2 aromatic carbocycles. The van der Waals surface area contributed by atoms with E-state index in [9.17, 15) is 9.59 Å². The minimum atomic E-state index is -1.06. The first kappa shape index (κ1) is 22.0. The van der Waals surface area contributed by atoms with Crippen molar-refractivity contribution in [2.24, 2.45) is 0 Å². The van der Waals surface area contributed by atoms with Crippen LogP contribution in [0.4, 0.5) is 0 Å². The van der Waals surface area contributed by atoms with E-state index in [0.29, 0.717) is 6.61 Å². The zero-order valence-corrected chi connectivity index (χ0v) is 17.1. The van der Waals surface area contributed by atoms with E-state index in [1.807, 2.05) is 60.7 Å². The Bertz CT molecular complexity index is 809. The van der Waals surface area contributed by atoms with Gasteiger partial charge >= 0.3 is 11.9 Å². The van der Waals surface area contributed by atoms with Gasteiger partial charge in [0.25, 0.3) is 0 Å². The van der Waals surface area contributed by atoms with Crippen molar-refractivity contribution in [3.63, 3.8) is 0 Å². The molecule has 1 aliphatic heterocycles. The summed E-state index contributed by atoms with van der Waals surface area (Å²) in [4.78, 5) is 23.2. The topological polar surface area (TPSA) is 80.3 Å². The van der Waals surface area contributed by atoms with Gasteiger partial charge in [0, 0.05) is 13.8 Å². The average molecular weight is 414 g/mol. The maximum absolute atomic E-state index is 11.7. The van der Waals surface area contributed by atoms with E-state index >= 15 is 0 Å². The summed E-state index contributed by atoms with van der Waals surface area (Å²) in [5.41, 5.74) is 1.98. The molecule has 30 heavy (non-hydrogen) atoms. The lowest BCUT2D eigenvalue weighted by Gasteiger charge is -2.23. The van der Waals surface area contributed by atoms with Crippen molar-refractivity contribution in [1.82, 2.24) is 0 Å². The van der Waals surface area contributed by atoms with Crippen LogP contribution in [-0.2, 0) is 46.5 Å². The van der Waals surface area contributed by atoms with Gasteiger partial charge in [-0.15, -0.1) is 0 Å². The first-order valence-electron chi connectivity index (χ1n) is 9.80. The summed E-state index contributed by atoms with van der Waals surface area (Å²) in [5, 5.41) is 0. The highest BCUT2D eigenvalue weighted by atomic mass is 16.7. The summed E-state index contributed by atoms with van der Waals surface area (Å²) < 4.78 is 28.3. The number of carbonyl (C=O) groups excluding carboxylic acids is 2. The molecule has 0 saturated carbocycles. The minimum absolute atomic E-state index is 0.184. The molecule has 4 atom stereocenters. The molecule has 0 aliphatic carbocycles. The molecule has 1 saturated heterocycles. The largest absolute Gasteiger partial charge is 0.453 e. The van der Waals surface area contributed by atoms with Crippen LogP contribution in [-0.4, -0.2) is 43.1 Å². The molecule has 7 heteroatoms. The quantitative estimate of drug-likeness (QED) is 0.584. The van der Waals surface area contributed by atoms with E-state index in [1.54, 1.807) is 0 Å². The number of rotatable bonds is 9. The van der Waals surface area contributed by atoms with Crippen LogP contribution in [0.3, 0.4) is 0 Å². The van der Waals surface area contributed by atoms with Gasteiger partial charge in [-0.25, -0.2) is 0 Å². The van der Waals surface area contributed by atoms with Gasteiger partial charge in [0.15, 0.2) is 6.10 Å². The number of hydrogen-bond donors (Lipinski definition) is 0. The van der Waals surface area contributed by atoms with E-state index in [0.717, 1.165) is 11.1 Å². The maximum atomic E-state index is 11.7. The standard InChI is InChI=1S/C23H26O7/c1-16(24)28-22-21(27-14-19-11-7-4-8-12-19)20(30-23(22)29-17(2)25)15-26-13-18-9-5-3-6-10-18/h3-12,20-23H,13-15H2,1-2H3. The summed E-state index contributed by atoms with van der Waals surface area (Å²) in [6.07, 6.45) is -3.18. The van der Waals surface area contributed by atoms with Crippen molar-refractivity contribution in [2.45, 2.75) is 51.7 Å². The Kier molecular flexibility index (Phi) is 7.96. The lowest BCUT2D eigenvalue weighted by Crippen LogP contribution is -2.41. The normalized spacial score (nSPS) is 23.1. The Balaban J connectivity index is 1.70. The Morgan fingerprint density at radius 2 is 1.37 bits per heavy atom. The highest BCUT2D eigenvalue weighted by Gasteiger charge is 2.49. The first-order chi connectivity index (χ1) is 14.5. The van der Waals surface area contributed by atoms with Crippen LogP contribution in [0.25, 0.3) is 0 Å². The van der Waals surface area contributed by atoms with E-state index in [-0.39, 0.29) is 13.2 Å². The molecule has 2 aromatic rings. The monoisotopic (exact) mass is 414 g/mol. The van der Waals surface area contributed by atoms with Gasteiger partial charge in [0.2, 0.25) is 6.29 Å². The van der Waals surface area contributed by atoms with E-state index in [2.05, 4.69) is 0 Å². The lowest BCUT2D eigenvalue weighted by molar-refractivity contribution is -0.197. The molecular formula is C23H26O7. The van der Waals surface area contributed by atoms with E-state index in [4.69, 9.17) is 23.7 Å². The van der Waals surface area contributed by atoms with Crippen molar-refractivity contribution >= 4 is 11.9 Å². The SMILES string of the molecule is CC(=O)OC1OC(COCc2ccccc2)C(OCc2ccccc2)C1OC(C)=O. The van der Waals surface area contributed by atoms with Crippen LogP contribution in [0.1, 0.15) is 25.0 Å².